The first-order valence-corrected chi connectivity index (χ1v) is 7.37. The first-order chi connectivity index (χ1) is 9.15. The van der Waals surface area contributed by atoms with E-state index < -0.39 is 0 Å². The van der Waals surface area contributed by atoms with E-state index in [4.69, 9.17) is 22.1 Å². The van der Waals surface area contributed by atoms with Crippen molar-refractivity contribution in [2.75, 3.05) is 19.7 Å². The zero-order valence-electron chi connectivity index (χ0n) is 11.7. The Labute approximate surface area is 120 Å². The van der Waals surface area contributed by atoms with Gasteiger partial charge in [0.25, 0.3) is 0 Å². The number of para-hydroxylation sites is 1. The van der Waals surface area contributed by atoms with E-state index in [0.29, 0.717) is 23.6 Å². The van der Waals surface area contributed by atoms with Gasteiger partial charge in [-0.1, -0.05) is 23.7 Å². The first kappa shape index (κ1) is 14.6. The van der Waals surface area contributed by atoms with Gasteiger partial charge < -0.3 is 10.5 Å². The van der Waals surface area contributed by atoms with Gasteiger partial charge in [0, 0.05) is 24.7 Å². The van der Waals surface area contributed by atoms with E-state index in [1.165, 1.54) is 12.0 Å². The number of nitrogens with zero attached hydrogens (tertiary/aromatic N) is 1. The van der Waals surface area contributed by atoms with Gasteiger partial charge in [0.2, 0.25) is 0 Å². The van der Waals surface area contributed by atoms with Crippen LogP contribution in [-0.4, -0.2) is 30.6 Å². The minimum atomic E-state index is 0.571. The third-order valence-corrected chi connectivity index (χ3v) is 4.13. The number of hydrogen-bond acceptors (Lipinski definition) is 3. The molecule has 0 aliphatic carbocycles. The molecule has 3 nitrogen and oxygen atoms in total. The molecule has 1 fully saturated rings. The van der Waals surface area contributed by atoms with Crippen molar-refractivity contribution in [1.82, 2.24) is 4.90 Å². The maximum Gasteiger partial charge on any atom is 0.142 e. The molecule has 2 unspecified atom stereocenters. The Morgan fingerprint density at radius 3 is 2.89 bits per heavy atom. The summed E-state index contributed by atoms with van der Waals surface area (Å²) < 4.78 is 5.68. The van der Waals surface area contributed by atoms with Crippen molar-refractivity contribution >= 4 is 11.6 Å². The van der Waals surface area contributed by atoms with Crippen molar-refractivity contribution in [2.45, 2.75) is 32.9 Å². The van der Waals surface area contributed by atoms with Crippen LogP contribution in [-0.2, 0) is 6.54 Å². The van der Waals surface area contributed by atoms with Crippen LogP contribution < -0.4 is 10.5 Å². The fourth-order valence-electron chi connectivity index (χ4n) is 2.81. The van der Waals surface area contributed by atoms with Crippen LogP contribution in [0.4, 0.5) is 0 Å². The van der Waals surface area contributed by atoms with Crippen LogP contribution in [0.3, 0.4) is 0 Å². The average molecular weight is 283 g/mol. The lowest BCUT2D eigenvalue weighted by Crippen LogP contribution is -2.27. The van der Waals surface area contributed by atoms with Gasteiger partial charge in [-0.3, -0.25) is 4.90 Å². The minimum absolute atomic E-state index is 0.571. The number of halogens is 1. The maximum absolute atomic E-state index is 6.22. The molecule has 1 aromatic carbocycles. The second-order valence-corrected chi connectivity index (χ2v) is 5.68. The molecule has 0 amide bonds. The quantitative estimate of drug-likeness (QED) is 0.902. The molecule has 1 aliphatic heterocycles. The van der Waals surface area contributed by atoms with Gasteiger partial charge in [-0.25, -0.2) is 0 Å². The van der Waals surface area contributed by atoms with Gasteiger partial charge in [-0.15, -0.1) is 0 Å². The molecule has 1 aliphatic rings. The Kier molecular flexibility index (Phi) is 5.08. The Balaban J connectivity index is 2.13. The lowest BCUT2D eigenvalue weighted by Gasteiger charge is -2.23. The fraction of sp³-hybridized carbons (Fsp3) is 0.600. The summed E-state index contributed by atoms with van der Waals surface area (Å²) in [5.74, 6) is 1.44. The summed E-state index contributed by atoms with van der Waals surface area (Å²) in [4.78, 5) is 2.46. The Morgan fingerprint density at radius 1 is 1.47 bits per heavy atom. The number of hydrogen-bond donors (Lipinski definition) is 1. The zero-order valence-corrected chi connectivity index (χ0v) is 12.5. The maximum atomic E-state index is 6.22. The van der Waals surface area contributed by atoms with E-state index in [1.807, 2.05) is 19.1 Å². The van der Waals surface area contributed by atoms with Gasteiger partial charge in [-0.2, -0.15) is 0 Å². The van der Waals surface area contributed by atoms with E-state index in [0.717, 1.165) is 25.4 Å². The standard InChI is InChI=1S/C15H23ClN2O/c1-3-19-15-13(5-4-6-14(15)16)10-18-9-12(8-17)7-11(18)2/h4-6,11-12H,3,7-10,17H2,1-2H3. The van der Waals surface area contributed by atoms with Crippen LogP contribution in [0, 0.1) is 5.92 Å². The van der Waals surface area contributed by atoms with Crippen molar-refractivity contribution in [1.29, 1.82) is 0 Å². The van der Waals surface area contributed by atoms with Gasteiger partial charge in [0.05, 0.1) is 11.6 Å². The summed E-state index contributed by atoms with van der Waals surface area (Å²) in [6.07, 6.45) is 1.18. The summed E-state index contributed by atoms with van der Waals surface area (Å²) in [5, 5.41) is 0.696. The molecule has 0 bridgehead atoms. The molecule has 2 rings (SSSR count). The second kappa shape index (κ2) is 6.60. The Hall–Kier alpha value is -0.770. The summed E-state index contributed by atoms with van der Waals surface area (Å²) in [6, 6.07) is 6.54. The van der Waals surface area contributed by atoms with Gasteiger partial charge >= 0.3 is 0 Å². The molecule has 4 heteroatoms. The molecule has 106 valence electrons. The molecule has 19 heavy (non-hydrogen) atoms. The van der Waals surface area contributed by atoms with Gasteiger partial charge in [-0.05, 0) is 38.8 Å². The van der Waals surface area contributed by atoms with Crippen molar-refractivity contribution in [3.05, 3.63) is 28.8 Å². The molecule has 0 saturated carbocycles. The lowest BCUT2D eigenvalue weighted by molar-refractivity contribution is 0.248. The summed E-state index contributed by atoms with van der Waals surface area (Å²) in [7, 11) is 0. The highest BCUT2D eigenvalue weighted by Crippen LogP contribution is 2.32. The number of nitrogens with two attached hydrogens (primary N) is 1. The van der Waals surface area contributed by atoms with Crippen LogP contribution in [0.2, 0.25) is 5.02 Å². The fourth-order valence-corrected chi connectivity index (χ4v) is 3.06. The number of benzene rings is 1. The molecular weight excluding hydrogens is 260 g/mol. The summed E-state index contributed by atoms with van der Waals surface area (Å²) in [5.41, 5.74) is 6.95. The van der Waals surface area contributed by atoms with Crippen LogP contribution in [0.1, 0.15) is 25.8 Å². The van der Waals surface area contributed by atoms with E-state index in [1.54, 1.807) is 0 Å². The molecular formula is C15H23ClN2O. The van der Waals surface area contributed by atoms with E-state index >= 15 is 0 Å². The highest BCUT2D eigenvalue weighted by Gasteiger charge is 2.28. The predicted octanol–water partition coefficient (Wildman–Crippen LogP) is 2.91. The highest BCUT2D eigenvalue weighted by molar-refractivity contribution is 6.32. The third-order valence-electron chi connectivity index (χ3n) is 3.83. The van der Waals surface area contributed by atoms with Crippen molar-refractivity contribution < 1.29 is 4.74 Å². The van der Waals surface area contributed by atoms with Crippen molar-refractivity contribution in [3.8, 4) is 5.75 Å². The SMILES string of the molecule is CCOc1c(Cl)cccc1CN1CC(CN)CC1C. The molecule has 2 atom stereocenters. The Bertz CT molecular complexity index is 425. The normalized spacial score (nSPS) is 23.8. The molecule has 1 aromatic rings. The minimum Gasteiger partial charge on any atom is -0.492 e. The predicted molar refractivity (Wildman–Crippen MR) is 79.7 cm³/mol. The van der Waals surface area contributed by atoms with Crippen LogP contribution in [0.5, 0.6) is 5.75 Å². The van der Waals surface area contributed by atoms with E-state index in [9.17, 15) is 0 Å². The summed E-state index contributed by atoms with van der Waals surface area (Å²) >= 11 is 6.22. The third kappa shape index (κ3) is 3.41. The smallest absolute Gasteiger partial charge is 0.142 e. The molecule has 0 radical (unpaired) electrons. The van der Waals surface area contributed by atoms with Gasteiger partial charge in [0.1, 0.15) is 5.75 Å². The number of ether oxygens (including phenoxy) is 1. The lowest BCUT2D eigenvalue weighted by atomic mass is 10.1. The molecule has 1 saturated heterocycles. The topological polar surface area (TPSA) is 38.5 Å². The van der Waals surface area contributed by atoms with Crippen LogP contribution in [0.15, 0.2) is 18.2 Å². The van der Waals surface area contributed by atoms with Gasteiger partial charge in [0.15, 0.2) is 0 Å². The van der Waals surface area contributed by atoms with E-state index in [-0.39, 0.29) is 0 Å². The van der Waals surface area contributed by atoms with Crippen LogP contribution >= 0.6 is 11.6 Å². The number of rotatable bonds is 5. The molecule has 2 N–H and O–H groups in total. The first-order valence-electron chi connectivity index (χ1n) is 7.00. The Morgan fingerprint density at radius 2 is 2.26 bits per heavy atom. The van der Waals surface area contributed by atoms with Crippen molar-refractivity contribution in [2.24, 2.45) is 11.7 Å². The molecule has 0 aromatic heterocycles. The average Bonchev–Trinajstić information content (AvgIpc) is 2.74. The molecule has 0 spiro atoms. The van der Waals surface area contributed by atoms with Crippen molar-refractivity contribution in [3.63, 3.8) is 0 Å². The monoisotopic (exact) mass is 282 g/mol. The largest absolute Gasteiger partial charge is 0.492 e. The zero-order chi connectivity index (χ0) is 13.8. The highest BCUT2D eigenvalue weighted by atomic mass is 35.5. The number of likely N-dealkylation sites (tertiary alicyclic amines) is 1. The summed E-state index contributed by atoms with van der Waals surface area (Å²) in [6.45, 7) is 7.60. The van der Waals surface area contributed by atoms with E-state index in [2.05, 4.69) is 17.9 Å². The molecule has 1 heterocycles. The van der Waals surface area contributed by atoms with Crippen LogP contribution in [0.25, 0.3) is 0 Å². The second-order valence-electron chi connectivity index (χ2n) is 5.28.